The van der Waals surface area contributed by atoms with Crippen LogP contribution < -0.4 is 5.32 Å². The molecule has 0 aliphatic heterocycles. The first-order chi connectivity index (χ1) is 5.16. The van der Waals surface area contributed by atoms with Crippen molar-refractivity contribution in [3.8, 4) is 0 Å². The maximum atomic E-state index is 5.87. The molecule has 0 fully saturated rings. The van der Waals surface area contributed by atoms with E-state index in [2.05, 4.69) is 21.2 Å². The maximum Gasteiger partial charge on any atom is 0.0835 e. The fraction of sp³-hybridized carbons (Fsp3) is 0.143. The summed E-state index contributed by atoms with van der Waals surface area (Å²) in [5.74, 6) is 0. The SMILES string of the molecule is CNc1ccc(Br)c(Cl)c1Cl. The monoisotopic (exact) mass is 253 g/mol. The van der Waals surface area contributed by atoms with Gasteiger partial charge < -0.3 is 5.32 Å². The molecule has 0 atom stereocenters. The summed E-state index contributed by atoms with van der Waals surface area (Å²) in [5.41, 5.74) is 0.833. The van der Waals surface area contributed by atoms with Crippen LogP contribution in [-0.4, -0.2) is 7.05 Å². The Kier molecular flexibility index (Phi) is 3.05. The quantitative estimate of drug-likeness (QED) is 0.752. The molecule has 1 N–H and O–H groups in total. The minimum absolute atomic E-state index is 0.540. The molecule has 1 aromatic carbocycles. The first-order valence-corrected chi connectivity index (χ1v) is 4.53. The number of anilines is 1. The van der Waals surface area contributed by atoms with Crippen molar-refractivity contribution in [2.75, 3.05) is 12.4 Å². The zero-order chi connectivity index (χ0) is 8.43. The van der Waals surface area contributed by atoms with E-state index in [0.717, 1.165) is 10.2 Å². The van der Waals surface area contributed by atoms with Gasteiger partial charge in [0.15, 0.2) is 0 Å². The maximum absolute atomic E-state index is 5.87. The van der Waals surface area contributed by atoms with Gasteiger partial charge in [-0.15, -0.1) is 0 Å². The van der Waals surface area contributed by atoms with Gasteiger partial charge in [-0.05, 0) is 28.1 Å². The third-order valence-electron chi connectivity index (χ3n) is 1.30. The fourth-order valence-corrected chi connectivity index (χ4v) is 1.59. The Morgan fingerprint density at radius 2 is 1.91 bits per heavy atom. The summed E-state index contributed by atoms with van der Waals surface area (Å²) in [6.45, 7) is 0. The highest BCUT2D eigenvalue weighted by Gasteiger charge is 2.05. The molecule has 4 heteroatoms. The van der Waals surface area contributed by atoms with E-state index in [4.69, 9.17) is 23.2 Å². The number of rotatable bonds is 1. The Morgan fingerprint density at radius 1 is 1.27 bits per heavy atom. The molecule has 0 aliphatic rings. The summed E-state index contributed by atoms with van der Waals surface area (Å²) in [6.07, 6.45) is 0. The number of benzene rings is 1. The van der Waals surface area contributed by atoms with Crippen molar-refractivity contribution in [1.29, 1.82) is 0 Å². The number of hydrogen-bond acceptors (Lipinski definition) is 1. The van der Waals surface area contributed by atoms with Crippen molar-refractivity contribution in [3.05, 3.63) is 26.7 Å². The zero-order valence-electron chi connectivity index (χ0n) is 5.79. The predicted molar refractivity (Wildman–Crippen MR) is 53.7 cm³/mol. The second kappa shape index (κ2) is 3.65. The van der Waals surface area contributed by atoms with Crippen LogP contribution in [-0.2, 0) is 0 Å². The van der Waals surface area contributed by atoms with Crippen molar-refractivity contribution in [2.24, 2.45) is 0 Å². The normalized spacial score (nSPS) is 9.82. The Morgan fingerprint density at radius 3 is 2.45 bits per heavy atom. The van der Waals surface area contributed by atoms with Gasteiger partial charge in [0.05, 0.1) is 15.7 Å². The lowest BCUT2D eigenvalue weighted by Gasteiger charge is -2.05. The van der Waals surface area contributed by atoms with Gasteiger partial charge in [-0.3, -0.25) is 0 Å². The van der Waals surface area contributed by atoms with Crippen molar-refractivity contribution in [2.45, 2.75) is 0 Å². The molecule has 0 spiro atoms. The summed E-state index contributed by atoms with van der Waals surface area (Å²) in [6, 6.07) is 3.71. The standard InChI is InChI=1S/C7H6BrCl2N/c1-11-5-3-2-4(8)6(9)7(5)10/h2-3,11H,1H3. The van der Waals surface area contributed by atoms with E-state index in [1.165, 1.54) is 0 Å². The predicted octanol–water partition coefficient (Wildman–Crippen LogP) is 3.80. The molecular formula is C7H6BrCl2N. The Balaban J connectivity index is 3.25. The minimum atomic E-state index is 0.540. The highest BCUT2D eigenvalue weighted by Crippen LogP contribution is 2.35. The van der Waals surface area contributed by atoms with Crippen LogP contribution in [0.15, 0.2) is 16.6 Å². The molecule has 0 bridgehead atoms. The van der Waals surface area contributed by atoms with Crippen molar-refractivity contribution >= 4 is 44.8 Å². The Labute approximate surface area is 83.8 Å². The van der Waals surface area contributed by atoms with E-state index < -0.39 is 0 Å². The van der Waals surface area contributed by atoms with Gasteiger partial charge in [-0.1, -0.05) is 23.2 Å². The average Bonchev–Trinajstić information content (AvgIpc) is 2.01. The topological polar surface area (TPSA) is 12.0 Å². The smallest absolute Gasteiger partial charge is 0.0835 e. The first kappa shape index (κ1) is 9.17. The van der Waals surface area contributed by atoms with Crippen molar-refractivity contribution in [3.63, 3.8) is 0 Å². The summed E-state index contributed by atoms with van der Waals surface area (Å²) in [4.78, 5) is 0. The highest BCUT2D eigenvalue weighted by molar-refractivity contribution is 9.10. The molecule has 1 rings (SSSR count). The van der Waals surface area contributed by atoms with Gasteiger partial charge in [0.2, 0.25) is 0 Å². The Hall–Kier alpha value is 0.0800. The van der Waals surface area contributed by atoms with Gasteiger partial charge in [0.25, 0.3) is 0 Å². The molecule has 0 amide bonds. The van der Waals surface area contributed by atoms with E-state index in [1.807, 2.05) is 12.1 Å². The van der Waals surface area contributed by atoms with Crippen LogP contribution in [0.2, 0.25) is 10.0 Å². The van der Waals surface area contributed by atoms with E-state index in [0.29, 0.717) is 10.0 Å². The summed E-state index contributed by atoms with van der Waals surface area (Å²) < 4.78 is 0.808. The molecule has 1 aromatic rings. The summed E-state index contributed by atoms with van der Waals surface area (Å²) >= 11 is 15.0. The number of halogens is 3. The number of hydrogen-bond donors (Lipinski definition) is 1. The van der Waals surface area contributed by atoms with Crippen LogP contribution >= 0.6 is 39.1 Å². The highest BCUT2D eigenvalue weighted by atomic mass is 79.9. The van der Waals surface area contributed by atoms with Crippen LogP contribution in [0.5, 0.6) is 0 Å². The largest absolute Gasteiger partial charge is 0.387 e. The van der Waals surface area contributed by atoms with Crippen LogP contribution in [0, 0.1) is 0 Å². The second-order valence-corrected chi connectivity index (χ2v) is 3.58. The lowest BCUT2D eigenvalue weighted by Crippen LogP contribution is -1.89. The fourth-order valence-electron chi connectivity index (χ4n) is 0.719. The average molecular weight is 255 g/mol. The Bertz CT molecular complexity index is 275. The lowest BCUT2D eigenvalue weighted by atomic mass is 10.3. The van der Waals surface area contributed by atoms with E-state index in [1.54, 1.807) is 7.05 Å². The van der Waals surface area contributed by atoms with E-state index in [-0.39, 0.29) is 0 Å². The lowest BCUT2D eigenvalue weighted by molar-refractivity contribution is 1.50. The molecule has 0 aromatic heterocycles. The van der Waals surface area contributed by atoms with Crippen LogP contribution in [0.3, 0.4) is 0 Å². The molecule has 11 heavy (non-hydrogen) atoms. The molecular weight excluding hydrogens is 249 g/mol. The zero-order valence-corrected chi connectivity index (χ0v) is 8.89. The summed E-state index contributed by atoms with van der Waals surface area (Å²) in [7, 11) is 1.80. The molecule has 0 saturated heterocycles. The third-order valence-corrected chi connectivity index (χ3v) is 3.08. The molecule has 60 valence electrons. The van der Waals surface area contributed by atoms with E-state index >= 15 is 0 Å². The second-order valence-electron chi connectivity index (χ2n) is 1.97. The molecule has 0 heterocycles. The molecule has 1 nitrogen and oxygen atoms in total. The van der Waals surface area contributed by atoms with Gasteiger partial charge >= 0.3 is 0 Å². The van der Waals surface area contributed by atoms with Gasteiger partial charge in [-0.2, -0.15) is 0 Å². The van der Waals surface area contributed by atoms with Crippen molar-refractivity contribution in [1.82, 2.24) is 0 Å². The number of nitrogens with one attached hydrogen (secondary N) is 1. The molecule has 0 unspecified atom stereocenters. The third kappa shape index (κ3) is 1.81. The first-order valence-electron chi connectivity index (χ1n) is 2.98. The molecule has 0 aliphatic carbocycles. The summed E-state index contributed by atoms with van der Waals surface area (Å²) in [5, 5.41) is 4.01. The minimum Gasteiger partial charge on any atom is -0.387 e. The van der Waals surface area contributed by atoms with Gasteiger partial charge in [-0.25, -0.2) is 0 Å². The molecule has 0 radical (unpaired) electrons. The molecule has 0 saturated carbocycles. The van der Waals surface area contributed by atoms with Crippen molar-refractivity contribution < 1.29 is 0 Å². The van der Waals surface area contributed by atoms with Crippen LogP contribution in [0.4, 0.5) is 5.69 Å². The van der Waals surface area contributed by atoms with Crippen LogP contribution in [0.25, 0.3) is 0 Å². The van der Waals surface area contributed by atoms with Crippen LogP contribution in [0.1, 0.15) is 0 Å². The van der Waals surface area contributed by atoms with Gasteiger partial charge in [0, 0.05) is 11.5 Å². The van der Waals surface area contributed by atoms with E-state index in [9.17, 15) is 0 Å². The van der Waals surface area contributed by atoms with Gasteiger partial charge in [0.1, 0.15) is 0 Å².